The third kappa shape index (κ3) is 9.55. The number of hydrogen-bond acceptors (Lipinski definition) is 5. The summed E-state index contributed by atoms with van der Waals surface area (Å²) in [5, 5.41) is 5.85. The zero-order chi connectivity index (χ0) is 18.9. The maximum Gasteiger partial charge on any atom is 0.220 e. The molecule has 0 aromatic rings. The number of nitrogens with one attached hydrogen (secondary N) is 2. The van der Waals surface area contributed by atoms with Gasteiger partial charge in [0, 0.05) is 24.8 Å². The monoisotopic (exact) mass is 340 g/mol. The molecule has 138 valence electrons. The van der Waals surface area contributed by atoms with E-state index >= 15 is 0 Å². The molecule has 0 aliphatic rings. The average molecular weight is 340 g/mol. The smallest absolute Gasteiger partial charge is 0.220 e. The number of Topliss-reactive ketones (excluding diaryl/α,β-unsaturated/α-hetero) is 3. The molecule has 0 heterocycles. The summed E-state index contributed by atoms with van der Waals surface area (Å²) >= 11 is 0. The fourth-order valence-electron chi connectivity index (χ4n) is 2.38. The third-order valence-corrected chi connectivity index (χ3v) is 3.72. The van der Waals surface area contributed by atoms with E-state index in [2.05, 4.69) is 10.6 Å². The summed E-state index contributed by atoms with van der Waals surface area (Å²) in [5.74, 6) is -0.580. The van der Waals surface area contributed by atoms with Gasteiger partial charge in [-0.25, -0.2) is 0 Å². The highest BCUT2D eigenvalue weighted by molar-refractivity contribution is 5.91. The van der Waals surface area contributed by atoms with Gasteiger partial charge in [0.15, 0.2) is 5.78 Å². The number of hydrogen-bond donors (Lipinski definition) is 2. The normalized spacial score (nSPS) is 13.7. The zero-order valence-electron chi connectivity index (χ0n) is 15.8. The molecule has 0 saturated carbocycles. The molecule has 0 aromatic heterocycles. The summed E-state index contributed by atoms with van der Waals surface area (Å²) < 4.78 is 0. The maximum atomic E-state index is 12.2. The van der Waals surface area contributed by atoms with Crippen LogP contribution in [0.3, 0.4) is 0 Å². The first kappa shape index (κ1) is 22.4. The molecule has 2 unspecified atom stereocenters. The van der Waals surface area contributed by atoms with Gasteiger partial charge >= 0.3 is 0 Å². The molecule has 0 aliphatic carbocycles. The molecule has 0 aliphatic heterocycles. The van der Waals surface area contributed by atoms with Gasteiger partial charge in [-0.05, 0) is 26.7 Å². The summed E-state index contributed by atoms with van der Waals surface area (Å²) in [6.45, 7) is 10.4. The minimum Gasteiger partial charge on any atom is -0.346 e. The van der Waals surface area contributed by atoms with E-state index in [4.69, 9.17) is 0 Å². The van der Waals surface area contributed by atoms with Gasteiger partial charge in [0.2, 0.25) is 5.91 Å². The Morgan fingerprint density at radius 2 is 1.38 bits per heavy atom. The fraction of sp³-hybridized carbons (Fsp3) is 0.778. The Bertz CT molecular complexity index is 458. The highest BCUT2D eigenvalue weighted by Crippen LogP contribution is 2.08. The van der Waals surface area contributed by atoms with E-state index < -0.39 is 6.04 Å². The summed E-state index contributed by atoms with van der Waals surface area (Å²) in [5.41, 5.74) is 0. The summed E-state index contributed by atoms with van der Waals surface area (Å²) in [6, 6.07) is -0.866. The van der Waals surface area contributed by atoms with Crippen molar-refractivity contribution in [3.63, 3.8) is 0 Å². The van der Waals surface area contributed by atoms with E-state index in [0.717, 1.165) is 0 Å². The van der Waals surface area contributed by atoms with Crippen LogP contribution in [0.15, 0.2) is 0 Å². The fourth-order valence-corrected chi connectivity index (χ4v) is 2.38. The second-order valence-corrected chi connectivity index (χ2v) is 6.94. The zero-order valence-corrected chi connectivity index (χ0v) is 15.8. The SMILES string of the molecule is CC(=O)CCC(NC(=O)CCC(NC(C)C)C(C)=O)C(=O)C(C)C. The average Bonchev–Trinajstić information content (AvgIpc) is 2.45. The number of ketones is 3. The van der Waals surface area contributed by atoms with Gasteiger partial charge < -0.3 is 15.4 Å². The van der Waals surface area contributed by atoms with Crippen molar-refractivity contribution < 1.29 is 19.2 Å². The van der Waals surface area contributed by atoms with E-state index in [-0.39, 0.29) is 54.1 Å². The summed E-state index contributed by atoms with van der Waals surface area (Å²) in [6.07, 6.45) is 1.12. The van der Waals surface area contributed by atoms with Gasteiger partial charge in [-0.2, -0.15) is 0 Å². The second kappa shape index (κ2) is 11.1. The van der Waals surface area contributed by atoms with Crippen molar-refractivity contribution in [2.75, 3.05) is 0 Å². The van der Waals surface area contributed by atoms with E-state index in [9.17, 15) is 19.2 Å². The van der Waals surface area contributed by atoms with E-state index in [1.807, 2.05) is 13.8 Å². The van der Waals surface area contributed by atoms with E-state index in [1.54, 1.807) is 13.8 Å². The quantitative estimate of drug-likeness (QED) is 0.565. The van der Waals surface area contributed by atoms with Crippen molar-refractivity contribution in [2.45, 2.75) is 85.4 Å². The minimum absolute atomic E-state index is 0.0106. The Morgan fingerprint density at radius 3 is 1.79 bits per heavy atom. The van der Waals surface area contributed by atoms with Gasteiger partial charge in [-0.3, -0.25) is 14.4 Å². The van der Waals surface area contributed by atoms with Gasteiger partial charge in [-0.1, -0.05) is 27.7 Å². The number of carbonyl (C=O) groups excluding carboxylic acids is 4. The Morgan fingerprint density at radius 1 is 0.833 bits per heavy atom. The molecular weight excluding hydrogens is 308 g/mol. The molecule has 0 spiro atoms. The standard InChI is InChI=1S/C18H32N2O4/c1-11(2)18(24)16(8-7-13(5)21)20-17(23)10-9-15(14(6)22)19-12(3)4/h11-12,15-16,19H,7-10H2,1-6H3,(H,20,23). The van der Waals surface area contributed by atoms with Crippen molar-refractivity contribution in [1.82, 2.24) is 10.6 Å². The first-order valence-corrected chi connectivity index (χ1v) is 8.63. The first-order chi connectivity index (χ1) is 11.0. The molecule has 6 nitrogen and oxygen atoms in total. The Balaban J connectivity index is 4.66. The Labute approximate surface area is 145 Å². The van der Waals surface area contributed by atoms with Gasteiger partial charge in [0.05, 0.1) is 12.1 Å². The lowest BCUT2D eigenvalue weighted by Crippen LogP contribution is -2.44. The molecule has 24 heavy (non-hydrogen) atoms. The molecule has 1 amide bonds. The van der Waals surface area contributed by atoms with Crippen LogP contribution >= 0.6 is 0 Å². The van der Waals surface area contributed by atoms with Crippen molar-refractivity contribution in [3.8, 4) is 0 Å². The highest BCUT2D eigenvalue weighted by atomic mass is 16.2. The molecule has 0 aromatic carbocycles. The van der Waals surface area contributed by atoms with Crippen LogP contribution in [0.5, 0.6) is 0 Å². The van der Waals surface area contributed by atoms with E-state index in [0.29, 0.717) is 12.8 Å². The van der Waals surface area contributed by atoms with Crippen molar-refractivity contribution in [3.05, 3.63) is 0 Å². The molecule has 0 radical (unpaired) electrons. The maximum absolute atomic E-state index is 12.2. The summed E-state index contributed by atoms with van der Waals surface area (Å²) in [4.78, 5) is 47.1. The van der Waals surface area contributed by atoms with Crippen molar-refractivity contribution >= 4 is 23.3 Å². The van der Waals surface area contributed by atoms with Crippen LogP contribution in [0, 0.1) is 5.92 Å². The predicted octanol–water partition coefficient (Wildman–Crippen LogP) is 1.80. The van der Waals surface area contributed by atoms with Crippen LogP contribution < -0.4 is 10.6 Å². The molecule has 2 atom stereocenters. The molecule has 0 rings (SSSR count). The Kier molecular flexibility index (Phi) is 10.4. The van der Waals surface area contributed by atoms with Crippen LogP contribution in [0.2, 0.25) is 0 Å². The summed E-state index contributed by atoms with van der Waals surface area (Å²) in [7, 11) is 0. The van der Waals surface area contributed by atoms with Gasteiger partial charge in [-0.15, -0.1) is 0 Å². The lowest BCUT2D eigenvalue weighted by atomic mass is 9.96. The minimum atomic E-state index is -0.643. The largest absolute Gasteiger partial charge is 0.346 e. The molecule has 0 fully saturated rings. The van der Waals surface area contributed by atoms with Crippen LogP contribution in [0.1, 0.15) is 67.2 Å². The van der Waals surface area contributed by atoms with Crippen LogP contribution in [0.25, 0.3) is 0 Å². The number of rotatable bonds is 12. The lowest BCUT2D eigenvalue weighted by molar-refractivity contribution is -0.130. The topological polar surface area (TPSA) is 92.3 Å². The molecule has 6 heteroatoms. The van der Waals surface area contributed by atoms with E-state index in [1.165, 1.54) is 13.8 Å². The Hall–Kier alpha value is -1.56. The molecule has 0 bridgehead atoms. The molecule has 2 N–H and O–H groups in total. The second-order valence-electron chi connectivity index (χ2n) is 6.94. The molecule has 0 saturated heterocycles. The lowest BCUT2D eigenvalue weighted by Gasteiger charge is -2.21. The number of amides is 1. The van der Waals surface area contributed by atoms with Crippen molar-refractivity contribution in [1.29, 1.82) is 0 Å². The van der Waals surface area contributed by atoms with Crippen LogP contribution in [-0.4, -0.2) is 41.4 Å². The van der Waals surface area contributed by atoms with Gasteiger partial charge in [0.1, 0.15) is 11.6 Å². The highest BCUT2D eigenvalue weighted by Gasteiger charge is 2.24. The predicted molar refractivity (Wildman–Crippen MR) is 93.7 cm³/mol. The third-order valence-electron chi connectivity index (χ3n) is 3.72. The van der Waals surface area contributed by atoms with Gasteiger partial charge in [0.25, 0.3) is 0 Å². The molecular formula is C18H32N2O4. The first-order valence-electron chi connectivity index (χ1n) is 8.63. The number of carbonyl (C=O) groups is 4. The van der Waals surface area contributed by atoms with Crippen molar-refractivity contribution in [2.24, 2.45) is 5.92 Å². The van der Waals surface area contributed by atoms with Crippen LogP contribution in [0.4, 0.5) is 0 Å². The van der Waals surface area contributed by atoms with Crippen LogP contribution in [-0.2, 0) is 19.2 Å².